The van der Waals surface area contributed by atoms with E-state index in [1.165, 1.54) is 0 Å². The Morgan fingerprint density at radius 3 is 1.75 bits per heavy atom. The first kappa shape index (κ1) is 8.84. The van der Waals surface area contributed by atoms with Crippen molar-refractivity contribution in [3.63, 3.8) is 0 Å². The van der Waals surface area contributed by atoms with Crippen LogP contribution in [0.3, 0.4) is 0 Å². The van der Waals surface area contributed by atoms with Gasteiger partial charge in [-0.3, -0.25) is 0 Å². The standard InChI is InChI=1S/2Co.H2O.O/h;;1H2;/q;+1;;/p-1. The van der Waals surface area contributed by atoms with Crippen LogP contribution in [0.4, 0.5) is 0 Å². The van der Waals surface area contributed by atoms with E-state index < -0.39 is 15.0 Å². The number of hydrogen-bond acceptors (Lipinski definition) is 1. The minimum atomic E-state index is -0.812. The van der Waals surface area contributed by atoms with Crippen molar-refractivity contribution < 1.29 is 39.8 Å². The van der Waals surface area contributed by atoms with Crippen LogP contribution >= 0.6 is 0 Å². The molecule has 0 aliphatic carbocycles. The predicted molar refractivity (Wildman–Crippen MR) is 2.91 cm³/mol. The monoisotopic (exact) mass is 151 g/mol. The molecule has 0 unspecified atom stereocenters. The van der Waals surface area contributed by atoms with Gasteiger partial charge in [-0.2, -0.15) is 0 Å². The van der Waals surface area contributed by atoms with Gasteiger partial charge in [0.2, 0.25) is 0 Å². The Labute approximate surface area is 40.3 Å². The molecular weight excluding hydrogens is 150 g/mol. The summed E-state index contributed by atoms with van der Waals surface area (Å²) >= 11 is -0.812. The van der Waals surface area contributed by atoms with Gasteiger partial charge in [-0.05, 0) is 0 Å². The van der Waals surface area contributed by atoms with Gasteiger partial charge in [0.05, 0.1) is 0 Å². The van der Waals surface area contributed by atoms with Crippen molar-refractivity contribution in [2.24, 2.45) is 0 Å². The van der Waals surface area contributed by atoms with E-state index in [9.17, 15) is 0 Å². The summed E-state index contributed by atoms with van der Waals surface area (Å²) in [5.41, 5.74) is 0. The zero-order valence-electron chi connectivity index (χ0n) is 1.52. The molecule has 0 aromatic carbocycles. The first-order chi connectivity index (χ1) is 1.41. The molecule has 1 radical (unpaired) electrons. The first-order valence-corrected chi connectivity index (χ1v) is 1.18. The zero-order chi connectivity index (χ0) is 2.71. The van der Waals surface area contributed by atoms with Crippen LogP contribution in [-0.2, 0) is 35.6 Å². The Kier molecular flexibility index (Phi) is 20.4. The van der Waals surface area contributed by atoms with Crippen LogP contribution in [0.25, 0.3) is 0 Å². The van der Waals surface area contributed by atoms with Gasteiger partial charge in [-0.15, -0.1) is 0 Å². The molecule has 0 fully saturated rings. The fraction of sp³-hybridized carbons (Fsp3) is 0. The Hall–Kier alpha value is 0.773. The SMILES string of the molecule is [Co].[O]=[Co][OH]. The van der Waals surface area contributed by atoms with Crippen LogP contribution in [0.5, 0.6) is 0 Å². The van der Waals surface area contributed by atoms with Crippen LogP contribution in [0, 0.1) is 0 Å². The molecule has 2 nitrogen and oxygen atoms in total. The van der Waals surface area contributed by atoms with E-state index in [1.54, 1.807) is 0 Å². The van der Waals surface area contributed by atoms with E-state index >= 15 is 0 Å². The van der Waals surface area contributed by atoms with E-state index in [4.69, 9.17) is 8.08 Å². The van der Waals surface area contributed by atoms with Gasteiger partial charge in [0.25, 0.3) is 0 Å². The van der Waals surface area contributed by atoms with Crippen LogP contribution in [-0.4, -0.2) is 4.22 Å². The molecule has 0 aliphatic rings. The molecule has 0 saturated heterocycles. The molecule has 0 rings (SSSR count). The van der Waals surface area contributed by atoms with Crippen molar-refractivity contribution in [3.05, 3.63) is 0 Å². The second kappa shape index (κ2) is 9.23. The van der Waals surface area contributed by atoms with E-state index in [0.29, 0.717) is 0 Å². The second-order valence-corrected chi connectivity index (χ2v) is 0.251. The molecule has 0 amide bonds. The van der Waals surface area contributed by atoms with E-state index in [0.717, 1.165) is 0 Å². The molecular formula is HCo2O2. The average Bonchev–Trinajstić information content (AvgIpc) is 0.918. The molecule has 31 valence electrons. The van der Waals surface area contributed by atoms with Gasteiger partial charge in [-0.25, -0.2) is 0 Å². The molecule has 4 heavy (non-hydrogen) atoms. The van der Waals surface area contributed by atoms with Crippen molar-refractivity contribution in [1.29, 1.82) is 0 Å². The normalized spacial score (nSPS) is 5.25. The summed E-state index contributed by atoms with van der Waals surface area (Å²) in [7, 11) is 0. The molecule has 0 aromatic heterocycles. The van der Waals surface area contributed by atoms with E-state index in [1.807, 2.05) is 0 Å². The molecule has 0 spiro atoms. The Bertz CT molecular complexity index is 11.5. The number of hydrogen-bond donors (Lipinski definition) is 1. The van der Waals surface area contributed by atoms with Crippen molar-refractivity contribution in [3.8, 4) is 0 Å². The fourth-order valence-corrected chi connectivity index (χ4v) is 0. The molecule has 0 saturated carbocycles. The predicted octanol–water partition coefficient (Wildman–Crippen LogP) is -0.681. The summed E-state index contributed by atoms with van der Waals surface area (Å²) in [6.45, 7) is 0. The molecule has 0 heterocycles. The van der Waals surface area contributed by atoms with Crippen LogP contribution in [0.2, 0.25) is 0 Å². The average molecular weight is 151 g/mol. The van der Waals surface area contributed by atoms with Crippen LogP contribution in [0.15, 0.2) is 0 Å². The maximum absolute atomic E-state index is 8.45. The van der Waals surface area contributed by atoms with Crippen molar-refractivity contribution in [2.45, 2.75) is 0 Å². The molecule has 0 atom stereocenters. The van der Waals surface area contributed by atoms with Crippen molar-refractivity contribution in [2.75, 3.05) is 0 Å². The Balaban J connectivity index is 0. The molecule has 0 aliphatic heterocycles. The van der Waals surface area contributed by atoms with Gasteiger partial charge in [-0.1, -0.05) is 0 Å². The summed E-state index contributed by atoms with van der Waals surface area (Å²) in [5, 5.41) is 0. The van der Waals surface area contributed by atoms with Crippen LogP contribution < -0.4 is 0 Å². The summed E-state index contributed by atoms with van der Waals surface area (Å²) in [5.74, 6) is 0. The van der Waals surface area contributed by atoms with Gasteiger partial charge >= 0.3 is 23.0 Å². The Morgan fingerprint density at radius 1 is 1.75 bits per heavy atom. The summed E-state index contributed by atoms with van der Waals surface area (Å²) < 4.78 is 15.4. The topological polar surface area (TPSA) is 37.3 Å². The summed E-state index contributed by atoms with van der Waals surface area (Å²) in [4.78, 5) is 0. The molecule has 1 N–H and O–H groups in total. The van der Waals surface area contributed by atoms with Gasteiger partial charge in [0.1, 0.15) is 0 Å². The maximum atomic E-state index is 8.45. The summed E-state index contributed by atoms with van der Waals surface area (Å²) in [6.07, 6.45) is 0. The van der Waals surface area contributed by atoms with Crippen molar-refractivity contribution in [1.82, 2.24) is 0 Å². The van der Waals surface area contributed by atoms with E-state index in [2.05, 4.69) is 0 Å². The van der Waals surface area contributed by atoms with Crippen LogP contribution in [0.1, 0.15) is 0 Å². The minimum absolute atomic E-state index is 0. The number of rotatable bonds is 0. The first-order valence-electron chi connectivity index (χ1n) is 0.285. The van der Waals surface area contributed by atoms with Gasteiger partial charge < -0.3 is 0 Å². The van der Waals surface area contributed by atoms with E-state index in [-0.39, 0.29) is 16.8 Å². The molecule has 4 heteroatoms. The van der Waals surface area contributed by atoms with Crippen molar-refractivity contribution >= 4 is 0 Å². The third-order valence-electron chi connectivity index (χ3n) is 0. The van der Waals surface area contributed by atoms with Gasteiger partial charge in [0, 0.05) is 16.8 Å². The Morgan fingerprint density at radius 2 is 1.75 bits per heavy atom. The molecule has 0 aromatic rings. The third kappa shape index (κ3) is 14.6. The third-order valence-corrected chi connectivity index (χ3v) is 0. The van der Waals surface area contributed by atoms with Gasteiger partial charge in [0.15, 0.2) is 0 Å². The fourth-order valence-electron chi connectivity index (χ4n) is 0. The zero-order valence-corrected chi connectivity index (χ0v) is 3.60. The summed E-state index contributed by atoms with van der Waals surface area (Å²) in [6, 6.07) is 0. The second-order valence-electron chi connectivity index (χ2n) is 0.0609. The molecule has 0 bridgehead atoms. The quantitative estimate of drug-likeness (QED) is 0.497.